The Hall–Kier alpha value is -3.67. The fourth-order valence-electron chi connectivity index (χ4n) is 3.16. The second-order valence-electron chi connectivity index (χ2n) is 6.17. The number of anilines is 2. The summed E-state index contributed by atoms with van der Waals surface area (Å²) in [5.41, 5.74) is 2.62. The number of hydrogen-bond acceptors (Lipinski definition) is 3. The summed E-state index contributed by atoms with van der Waals surface area (Å²) in [6.07, 6.45) is -0.555. The molecule has 3 aromatic rings. The lowest BCUT2D eigenvalue weighted by Crippen LogP contribution is -2.43. The third kappa shape index (κ3) is 3.01. The van der Waals surface area contributed by atoms with Gasteiger partial charge in [0, 0.05) is 11.4 Å². The molecule has 0 fully saturated rings. The van der Waals surface area contributed by atoms with Crippen molar-refractivity contribution in [1.29, 1.82) is 0 Å². The van der Waals surface area contributed by atoms with Gasteiger partial charge in [0.15, 0.2) is 0 Å². The highest BCUT2D eigenvalue weighted by Gasteiger charge is 2.34. The van der Waals surface area contributed by atoms with E-state index in [1.807, 2.05) is 12.1 Å². The number of nitrogens with one attached hydrogen (secondary N) is 1. The molecule has 1 aliphatic rings. The minimum Gasteiger partial charge on any atom is -0.478 e. The van der Waals surface area contributed by atoms with Gasteiger partial charge in [-0.05, 0) is 54.1 Å². The molecule has 5 nitrogen and oxygen atoms in total. The van der Waals surface area contributed by atoms with Crippen molar-refractivity contribution < 1.29 is 19.1 Å². The van der Waals surface area contributed by atoms with Crippen LogP contribution in [0.5, 0.6) is 0 Å². The lowest BCUT2D eigenvalue weighted by atomic mass is 10.0. The van der Waals surface area contributed by atoms with Gasteiger partial charge in [-0.15, -0.1) is 0 Å². The zero-order valence-electron chi connectivity index (χ0n) is 14.1. The number of halogens is 1. The number of carbonyl (C=O) groups excluding carboxylic acids is 1. The Morgan fingerprint density at radius 2 is 1.63 bits per heavy atom. The van der Waals surface area contributed by atoms with Gasteiger partial charge in [0.25, 0.3) is 5.91 Å². The van der Waals surface area contributed by atoms with Gasteiger partial charge in [0.1, 0.15) is 12.0 Å². The van der Waals surface area contributed by atoms with E-state index in [1.165, 1.54) is 29.2 Å². The molecule has 27 heavy (non-hydrogen) atoms. The molecule has 2 N–H and O–H groups in total. The standard InChI is InChI=1S/C21H15FN2O3/c22-15-9-11-16(12-10-15)24-19(13-5-7-14(8-6-13)21(26)27)23-18-4-2-1-3-17(18)20(24)25/h1-12,19,23H,(H,26,27)/t19-/m1/s1. The molecule has 0 spiro atoms. The van der Waals surface area contributed by atoms with Gasteiger partial charge in [-0.1, -0.05) is 24.3 Å². The number of para-hydroxylation sites is 1. The lowest BCUT2D eigenvalue weighted by Gasteiger charge is -2.38. The second-order valence-corrected chi connectivity index (χ2v) is 6.17. The van der Waals surface area contributed by atoms with Gasteiger partial charge in [-0.2, -0.15) is 0 Å². The van der Waals surface area contributed by atoms with Crippen molar-refractivity contribution >= 4 is 23.3 Å². The summed E-state index contributed by atoms with van der Waals surface area (Å²) in [7, 11) is 0. The Kier molecular flexibility index (Phi) is 4.08. The SMILES string of the molecule is O=C(O)c1ccc([C@@H]2Nc3ccccc3C(=O)N2c2ccc(F)cc2)cc1. The summed E-state index contributed by atoms with van der Waals surface area (Å²) >= 11 is 0. The van der Waals surface area contributed by atoms with E-state index in [4.69, 9.17) is 5.11 Å². The fraction of sp³-hybridized carbons (Fsp3) is 0.0476. The number of carboxylic acids is 1. The highest BCUT2D eigenvalue weighted by molar-refractivity contribution is 6.12. The molecule has 1 amide bonds. The molecule has 1 atom stereocenters. The van der Waals surface area contributed by atoms with Crippen LogP contribution in [0.25, 0.3) is 0 Å². The van der Waals surface area contributed by atoms with Crippen molar-refractivity contribution in [3.63, 3.8) is 0 Å². The van der Waals surface area contributed by atoms with Crippen LogP contribution in [0.4, 0.5) is 15.8 Å². The number of amides is 1. The lowest BCUT2D eigenvalue weighted by molar-refractivity contribution is 0.0696. The smallest absolute Gasteiger partial charge is 0.335 e. The molecule has 134 valence electrons. The maximum atomic E-state index is 13.4. The number of nitrogens with zero attached hydrogens (tertiary/aromatic N) is 1. The Bertz CT molecular complexity index is 1020. The van der Waals surface area contributed by atoms with Crippen molar-refractivity contribution in [1.82, 2.24) is 0 Å². The van der Waals surface area contributed by atoms with Gasteiger partial charge in [0.2, 0.25) is 0 Å². The van der Waals surface area contributed by atoms with Gasteiger partial charge in [0.05, 0.1) is 11.1 Å². The van der Waals surface area contributed by atoms with Crippen LogP contribution in [0, 0.1) is 5.82 Å². The first-order valence-corrected chi connectivity index (χ1v) is 8.32. The van der Waals surface area contributed by atoms with E-state index in [1.54, 1.807) is 36.4 Å². The van der Waals surface area contributed by atoms with Crippen molar-refractivity contribution in [2.24, 2.45) is 0 Å². The molecule has 0 bridgehead atoms. The fourth-order valence-corrected chi connectivity index (χ4v) is 3.16. The topological polar surface area (TPSA) is 69.6 Å². The predicted molar refractivity (Wildman–Crippen MR) is 99.4 cm³/mol. The molecule has 6 heteroatoms. The number of benzene rings is 3. The number of fused-ring (bicyclic) bond motifs is 1. The summed E-state index contributed by atoms with van der Waals surface area (Å²) in [5, 5.41) is 12.4. The molecular formula is C21H15FN2O3. The number of carboxylic acid groups (broad SMARTS) is 1. The summed E-state index contributed by atoms with van der Waals surface area (Å²) in [6, 6.07) is 19.2. The number of rotatable bonds is 3. The molecule has 1 aliphatic heterocycles. The van der Waals surface area contributed by atoms with Crippen LogP contribution in [-0.2, 0) is 0 Å². The normalized spacial score (nSPS) is 15.8. The molecule has 0 radical (unpaired) electrons. The van der Waals surface area contributed by atoms with E-state index in [2.05, 4.69) is 5.32 Å². The minimum atomic E-state index is -1.02. The van der Waals surface area contributed by atoms with E-state index >= 15 is 0 Å². The largest absolute Gasteiger partial charge is 0.478 e. The van der Waals surface area contributed by atoms with Crippen molar-refractivity contribution in [2.45, 2.75) is 6.17 Å². The van der Waals surface area contributed by atoms with Crippen molar-refractivity contribution in [3.8, 4) is 0 Å². The first-order valence-electron chi connectivity index (χ1n) is 8.32. The molecular weight excluding hydrogens is 347 g/mol. The van der Waals surface area contributed by atoms with Crippen LogP contribution in [0.15, 0.2) is 72.8 Å². The average Bonchev–Trinajstić information content (AvgIpc) is 2.69. The van der Waals surface area contributed by atoms with Crippen LogP contribution < -0.4 is 10.2 Å². The molecule has 0 aromatic heterocycles. The average molecular weight is 362 g/mol. The predicted octanol–water partition coefficient (Wildman–Crippen LogP) is 4.30. The summed E-state index contributed by atoms with van der Waals surface area (Å²) in [6.45, 7) is 0. The van der Waals surface area contributed by atoms with E-state index in [-0.39, 0.29) is 17.3 Å². The Morgan fingerprint density at radius 3 is 2.30 bits per heavy atom. The number of aromatic carboxylic acids is 1. The quantitative estimate of drug-likeness (QED) is 0.729. The third-order valence-corrected chi connectivity index (χ3v) is 4.50. The van der Waals surface area contributed by atoms with Crippen LogP contribution in [0.2, 0.25) is 0 Å². The minimum absolute atomic E-state index is 0.162. The van der Waals surface area contributed by atoms with E-state index < -0.39 is 12.1 Å². The van der Waals surface area contributed by atoms with Gasteiger partial charge in [-0.3, -0.25) is 9.69 Å². The van der Waals surface area contributed by atoms with E-state index in [0.29, 0.717) is 22.5 Å². The molecule has 0 saturated heterocycles. The number of carbonyl (C=O) groups is 2. The second kappa shape index (κ2) is 6.57. The molecule has 4 rings (SSSR count). The summed E-state index contributed by atoms with van der Waals surface area (Å²) in [4.78, 5) is 25.8. The summed E-state index contributed by atoms with van der Waals surface area (Å²) < 4.78 is 13.4. The maximum Gasteiger partial charge on any atom is 0.335 e. The van der Waals surface area contributed by atoms with Crippen LogP contribution in [-0.4, -0.2) is 17.0 Å². The van der Waals surface area contributed by atoms with Crippen LogP contribution >= 0.6 is 0 Å². The van der Waals surface area contributed by atoms with Gasteiger partial charge >= 0.3 is 5.97 Å². The highest BCUT2D eigenvalue weighted by Crippen LogP contribution is 2.36. The Morgan fingerprint density at radius 1 is 0.963 bits per heavy atom. The van der Waals surface area contributed by atoms with Crippen LogP contribution in [0.3, 0.4) is 0 Å². The van der Waals surface area contributed by atoms with Crippen molar-refractivity contribution in [3.05, 3.63) is 95.3 Å². The maximum absolute atomic E-state index is 13.4. The van der Waals surface area contributed by atoms with Gasteiger partial charge < -0.3 is 10.4 Å². The summed E-state index contributed by atoms with van der Waals surface area (Å²) in [5.74, 6) is -1.63. The molecule has 0 unspecified atom stereocenters. The van der Waals surface area contributed by atoms with Crippen LogP contribution in [0.1, 0.15) is 32.4 Å². The first kappa shape index (κ1) is 16.8. The molecule has 0 saturated carbocycles. The first-order chi connectivity index (χ1) is 13.0. The van der Waals surface area contributed by atoms with Gasteiger partial charge in [-0.25, -0.2) is 9.18 Å². The van der Waals surface area contributed by atoms with Crippen molar-refractivity contribution in [2.75, 3.05) is 10.2 Å². The highest BCUT2D eigenvalue weighted by atomic mass is 19.1. The molecule has 0 aliphatic carbocycles. The third-order valence-electron chi connectivity index (χ3n) is 4.50. The Labute approximate surface area is 154 Å². The monoisotopic (exact) mass is 362 g/mol. The Balaban J connectivity index is 1.82. The zero-order chi connectivity index (χ0) is 19.0. The molecule has 1 heterocycles. The van der Waals surface area contributed by atoms with E-state index in [9.17, 15) is 14.0 Å². The number of hydrogen-bond donors (Lipinski definition) is 2. The molecule has 3 aromatic carbocycles. The zero-order valence-corrected chi connectivity index (χ0v) is 14.1. The van der Waals surface area contributed by atoms with E-state index in [0.717, 1.165) is 0 Å².